The lowest BCUT2D eigenvalue weighted by Crippen LogP contribution is -2.45. The highest BCUT2D eigenvalue weighted by molar-refractivity contribution is 5.35. The molecule has 1 aromatic carbocycles. The van der Waals surface area contributed by atoms with Gasteiger partial charge in [0, 0.05) is 12.0 Å². The van der Waals surface area contributed by atoms with E-state index in [1.54, 1.807) is 0 Å². The molecular formula is C17H27NO2. The summed E-state index contributed by atoms with van der Waals surface area (Å²) in [5, 5.41) is 3.62. The molecule has 0 amide bonds. The van der Waals surface area contributed by atoms with Crippen LogP contribution in [-0.4, -0.2) is 31.9 Å². The van der Waals surface area contributed by atoms with Crippen LogP contribution in [0.2, 0.25) is 0 Å². The van der Waals surface area contributed by atoms with Crippen molar-refractivity contribution in [2.75, 3.05) is 19.8 Å². The summed E-state index contributed by atoms with van der Waals surface area (Å²) in [6.07, 6.45) is 2.49. The van der Waals surface area contributed by atoms with Crippen molar-refractivity contribution in [1.82, 2.24) is 5.32 Å². The Balaban J connectivity index is 1.98. The average molecular weight is 277 g/mol. The van der Waals surface area contributed by atoms with Crippen molar-refractivity contribution in [3.63, 3.8) is 0 Å². The minimum Gasteiger partial charge on any atom is -0.493 e. The Hall–Kier alpha value is -1.06. The molecule has 0 radical (unpaired) electrons. The summed E-state index contributed by atoms with van der Waals surface area (Å²) in [5.41, 5.74) is 1.32. The van der Waals surface area contributed by atoms with Gasteiger partial charge in [-0.05, 0) is 44.9 Å². The van der Waals surface area contributed by atoms with Crippen LogP contribution in [0.15, 0.2) is 24.3 Å². The summed E-state index contributed by atoms with van der Waals surface area (Å²) in [6.45, 7) is 8.94. The Morgan fingerprint density at radius 3 is 2.90 bits per heavy atom. The number of fused-ring (bicyclic) bond motifs is 1. The lowest BCUT2D eigenvalue weighted by molar-refractivity contribution is 0.0380. The van der Waals surface area contributed by atoms with Crippen molar-refractivity contribution in [3.8, 4) is 5.75 Å². The van der Waals surface area contributed by atoms with E-state index in [9.17, 15) is 0 Å². The molecule has 20 heavy (non-hydrogen) atoms. The van der Waals surface area contributed by atoms with Crippen molar-refractivity contribution < 1.29 is 9.47 Å². The first-order valence-corrected chi connectivity index (χ1v) is 7.76. The fourth-order valence-corrected chi connectivity index (χ4v) is 2.60. The van der Waals surface area contributed by atoms with Gasteiger partial charge in [-0.15, -0.1) is 0 Å². The lowest BCUT2D eigenvalue weighted by atomic mass is 9.90. The predicted molar refractivity (Wildman–Crippen MR) is 82.3 cm³/mol. The lowest BCUT2D eigenvalue weighted by Gasteiger charge is -2.32. The fourth-order valence-electron chi connectivity index (χ4n) is 2.60. The highest BCUT2D eigenvalue weighted by atomic mass is 16.5. The van der Waals surface area contributed by atoms with E-state index in [2.05, 4.69) is 44.3 Å². The van der Waals surface area contributed by atoms with E-state index >= 15 is 0 Å². The third-order valence-corrected chi connectivity index (χ3v) is 3.74. The SMILES string of the molecule is CCCNC(COC(C)C)C1COc2ccccc2C1. The summed E-state index contributed by atoms with van der Waals surface area (Å²) < 4.78 is 11.7. The first-order valence-electron chi connectivity index (χ1n) is 7.76. The Morgan fingerprint density at radius 2 is 2.15 bits per heavy atom. The summed E-state index contributed by atoms with van der Waals surface area (Å²) in [7, 11) is 0. The third kappa shape index (κ3) is 4.22. The Labute approximate surface area is 122 Å². The summed E-state index contributed by atoms with van der Waals surface area (Å²) in [4.78, 5) is 0. The van der Waals surface area contributed by atoms with Gasteiger partial charge in [-0.2, -0.15) is 0 Å². The van der Waals surface area contributed by atoms with Crippen LogP contribution in [0.3, 0.4) is 0 Å². The Bertz CT molecular complexity index is 406. The van der Waals surface area contributed by atoms with Gasteiger partial charge in [0.2, 0.25) is 0 Å². The number of rotatable bonds is 7. The second-order valence-electron chi connectivity index (χ2n) is 5.83. The molecular weight excluding hydrogens is 250 g/mol. The highest BCUT2D eigenvalue weighted by Gasteiger charge is 2.27. The molecule has 1 aliphatic rings. The van der Waals surface area contributed by atoms with Crippen LogP contribution in [0.25, 0.3) is 0 Å². The van der Waals surface area contributed by atoms with Gasteiger partial charge in [0.15, 0.2) is 0 Å². The molecule has 0 aliphatic carbocycles. The third-order valence-electron chi connectivity index (χ3n) is 3.74. The Kier molecular flexibility index (Phi) is 5.86. The van der Waals surface area contributed by atoms with Gasteiger partial charge in [-0.3, -0.25) is 0 Å². The van der Waals surface area contributed by atoms with Crippen molar-refractivity contribution in [1.29, 1.82) is 0 Å². The number of hydrogen-bond donors (Lipinski definition) is 1. The van der Waals surface area contributed by atoms with E-state index in [1.807, 2.05) is 6.07 Å². The molecule has 0 spiro atoms. The van der Waals surface area contributed by atoms with Crippen LogP contribution in [0.4, 0.5) is 0 Å². The Morgan fingerprint density at radius 1 is 1.35 bits per heavy atom. The van der Waals surface area contributed by atoms with Gasteiger partial charge in [-0.25, -0.2) is 0 Å². The maximum atomic E-state index is 5.91. The zero-order valence-corrected chi connectivity index (χ0v) is 12.9. The van der Waals surface area contributed by atoms with E-state index in [4.69, 9.17) is 9.47 Å². The predicted octanol–water partition coefficient (Wildman–Crippen LogP) is 3.03. The van der Waals surface area contributed by atoms with Gasteiger partial charge in [0.05, 0.1) is 19.3 Å². The van der Waals surface area contributed by atoms with Crippen molar-refractivity contribution in [2.45, 2.75) is 45.8 Å². The largest absolute Gasteiger partial charge is 0.493 e. The maximum absolute atomic E-state index is 5.91. The molecule has 1 aliphatic heterocycles. The van der Waals surface area contributed by atoms with E-state index in [0.29, 0.717) is 12.0 Å². The van der Waals surface area contributed by atoms with Gasteiger partial charge in [0.1, 0.15) is 5.75 Å². The minimum atomic E-state index is 0.276. The van der Waals surface area contributed by atoms with Gasteiger partial charge in [0.25, 0.3) is 0 Å². The molecule has 1 heterocycles. The van der Waals surface area contributed by atoms with Crippen LogP contribution < -0.4 is 10.1 Å². The van der Waals surface area contributed by atoms with Gasteiger partial charge < -0.3 is 14.8 Å². The van der Waals surface area contributed by atoms with Gasteiger partial charge >= 0.3 is 0 Å². The molecule has 2 rings (SSSR count). The van der Waals surface area contributed by atoms with Crippen molar-refractivity contribution in [2.24, 2.45) is 5.92 Å². The molecule has 0 fully saturated rings. The van der Waals surface area contributed by atoms with Crippen LogP contribution in [0.5, 0.6) is 5.75 Å². The molecule has 0 bridgehead atoms. The number of ether oxygens (including phenoxy) is 2. The topological polar surface area (TPSA) is 30.5 Å². The normalized spacial score (nSPS) is 19.5. The van der Waals surface area contributed by atoms with Crippen LogP contribution in [0, 0.1) is 5.92 Å². The van der Waals surface area contributed by atoms with E-state index in [1.165, 1.54) is 5.56 Å². The zero-order valence-electron chi connectivity index (χ0n) is 12.9. The average Bonchev–Trinajstić information content (AvgIpc) is 2.46. The molecule has 1 aromatic rings. The van der Waals surface area contributed by atoms with Crippen molar-refractivity contribution in [3.05, 3.63) is 29.8 Å². The zero-order chi connectivity index (χ0) is 14.4. The number of benzene rings is 1. The first kappa shape index (κ1) is 15.3. The number of para-hydroxylation sites is 1. The molecule has 0 saturated heterocycles. The molecule has 0 saturated carbocycles. The molecule has 3 heteroatoms. The van der Waals surface area contributed by atoms with Crippen molar-refractivity contribution >= 4 is 0 Å². The second kappa shape index (κ2) is 7.65. The molecule has 0 aromatic heterocycles. The summed E-state index contributed by atoms with van der Waals surface area (Å²) >= 11 is 0. The first-order chi connectivity index (χ1) is 9.70. The molecule has 2 unspecified atom stereocenters. The van der Waals surface area contributed by atoms with Gasteiger partial charge in [-0.1, -0.05) is 25.1 Å². The smallest absolute Gasteiger partial charge is 0.122 e. The molecule has 112 valence electrons. The number of nitrogens with one attached hydrogen (secondary N) is 1. The monoisotopic (exact) mass is 277 g/mol. The molecule has 2 atom stereocenters. The minimum absolute atomic E-state index is 0.276. The summed E-state index contributed by atoms with van der Waals surface area (Å²) in [5.74, 6) is 1.53. The van der Waals surface area contributed by atoms with E-state index < -0.39 is 0 Å². The van der Waals surface area contributed by atoms with Crippen LogP contribution >= 0.6 is 0 Å². The quantitative estimate of drug-likeness (QED) is 0.831. The number of hydrogen-bond acceptors (Lipinski definition) is 3. The maximum Gasteiger partial charge on any atom is 0.122 e. The van der Waals surface area contributed by atoms with Crippen LogP contribution in [0.1, 0.15) is 32.8 Å². The van der Waals surface area contributed by atoms with Crippen LogP contribution in [-0.2, 0) is 11.2 Å². The summed E-state index contributed by atoms with van der Waals surface area (Å²) in [6, 6.07) is 8.72. The van der Waals surface area contributed by atoms with E-state index in [0.717, 1.165) is 38.3 Å². The standard InChI is InChI=1S/C17H27NO2/c1-4-9-18-16(12-19-13(2)3)15-10-14-7-5-6-8-17(14)20-11-15/h5-8,13,15-16,18H,4,9-12H2,1-3H3. The highest BCUT2D eigenvalue weighted by Crippen LogP contribution is 2.28. The fraction of sp³-hybridized carbons (Fsp3) is 0.647. The second-order valence-corrected chi connectivity index (χ2v) is 5.83. The van der Waals surface area contributed by atoms with E-state index in [-0.39, 0.29) is 6.10 Å². The molecule has 1 N–H and O–H groups in total. The molecule has 3 nitrogen and oxygen atoms in total.